The fourth-order valence-electron chi connectivity index (χ4n) is 1.72. The molecule has 0 bridgehead atoms. The zero-order chi connectivity index (χ0) is 12.5. The molecule has 0 amide bonds. The van der Waals surface area contributed by atoms with Crippen molar-refractivity contribution in [3.05, 3.63) is 39.3 Å². The van der Waals surface area contributed by atoms with Gasteiger partial charge in [0.05, 0.1) is 11.3 Å². The molecule has 1 aromatic heterocycles. The van der Waals surface area contributed by atoms with E-state index in [0.29, 0.717) is 11.5 Å². The van der Waals surface area contributed by atoms with Crippen LogP contribution in [-0.4, -0.2) is 4.98 Å². The van der Waals surface area contributed by atoms with Gasteiger partial charge in [-0.2, -0.15) is 5.26 Å². The van der Waals surface area contributed by atoms with Crippen LogP contribution in [0, 0.1) is 11.3 Å². The molecule has 1 fully saturated rings. The molecule has 1 aliphatic carbocycles. The van der Waals surface area contributed by atoms with Crippen LogP contribution in [0.5, 0.6) is 0 Å². The summed E-state index contributed by atoms with van der Waals surface area (Å²) in [6.07, 6.45) is 2.54. The van der Waals surface area contributed by atoms with Crippen LogP contribution in [0.4, 0.5) is 10.8 Å². The summed E-state index contributed by atoms with van der Waals surface area (Å²) >= 11 is 5.01. The van der Waals surface area contributed by atoms with E-state index in [4.69, 9.17) is 5.26 Å². The number of halogens is 1. The average molecular weight is 320 g/mol. The number of nitriles is 1. The van der Waals surface area contributed by atoms with Crippen LogP contribution in [0.3, 0.4) is 0 Å². The Labute approximate surface area is 118 Å². The van der Waals surface area contributed by atoms with Crippen LogP contribution in [0.15, 0.2) is 28.1 Å². The smallest absolute Gasteiger partial charge is 0.187 e. The van der Waals surface area contributed by atoms with Crippen LogP contribution < -0.4 is 5.32 Å². The van der Waals surface area contributed by atoms with E-state index >= 15 is 0 Å². The van der Waals surface area contributed by atoms with E-state index in [-0.39, 0.29) is 0 Å². The molecule has 0 saturated heterocycles. The third-order valence-electron chi connectivity index (χ3n) is 2.86. The molecule has 1 aliphatic rings. The maximum Gasteiger partial charge on any atom is 0.187 e. The molecule has 3 rings (SSSR count). The molecule has 90 valence electrons. The monoisotopic (exact) mass is 319 g/mol. The lowest BCUT2D eigenvalue weighted by molar-refractivity contribution is 1.05. The van der Waals surface area contributed by atoms with E-state index in [1.54, 1.807) is 17.4 Å². The second kappa shape index (κ2) is 4.71. The van der Waals surface area contributed by atoms with E-state index in [1.165, 1.54) is 18.5 Å². The standard InChI is InChI=1S/C13H10BrN3S/c14-11-5-10(4-3-9(11)6-15)16-13-17-12(7-18-13)8-1-2-8/h3-5,7-8H,1-2H2,(H,16,17). The minimum atomic E-state index is 0.637. The van der Waals surface area contributed by atoms with Gasteiger partial charge in [0, 0.05) is 21.5 Å². The lowest BCUT2D eigenvalue weighted by Gasteiger charge is -2.03. The zero-order valence-electron chi connectivity index (χ0n) is 9.48. The van der Waals surface area contributed by atoms with Gasteiger partial charge in [-0.3, -0.25) is 0 Å². The van der Waals surface area contributed by atoms with E-state index in [2.05, 4.69) is 37.7 Å². The summed E-state index contributed by atoms with van der Waals surface area (Å²) in [6.45, 7) is 0. The molecule has 18 heavy (non-hydrogen) atoms. The summed E-state index contributed by atoms with van der Waals surface area (Å²) in [5, 5.41) is 15.2. The van der Waals surface area contributed by atoms with Crippen molar-refractivity contribution in [1.82, 2.24) is 4.98 Å². The molecule has 1 heterocycles. The highest BCUT2D eigenvalue weighted by atomic mass is 79.9. The molecule has 1 N–H and O–H groups in total. The van der Waals surface area contributed by atoms with Crippen molar-refractivity contribution in [3.8, 4) is 6.07 Å². The molecular weight excluding hydrogens is 310 g/mol. The Hall–Kier alpha value is -1.38. The SMILES string of the molecule is N#Cc1ccc(Nc2nc(C3CC3)cs2)cc1Br. The highest BCUT2D eigenvalue weighted by molar-refractivity contribution is 9.10. The van der Waals surface area contributed by atoms with Gasteiger partial charge < -0.3 is 5.32 Å². The highest BCUT2D eigenvalue weighted by Gasteiger charge is 2.26. The minimum Gasteiger partial charge on any atom is -0.332 e. The Morgan fingerprint density at radius 1 is 1.44 bits per heavy atom. The molecule has 1 aromatic carbocycles. The topological polar surface area (TPSA) is 48.7 Å². The quantitative estimate of drug-likeness (QED) is 0.912. The normalized spacial score (nSPS) is 14.2. The molecule has 0 spiro atoms. The highest BCUT2D eigenvalue weighted by Crippen LogP contribution is 2.41. The Morgan fingerprint density at radius 3 is 2.94 bits per heavy atom. The molecular formula is C13H10BrN3S. The molecule has 0 radical (unpaired) electrons. The molecule has 3 nitrogen and oxygen atoms in total. The number of thiazole rings is 1. The van der Waals surface area contributed by atoms with E-state index in [1.807, 2.05) is 12.1 Å². The van der Waals surface area contributed by atoms with Gasteiger partial charge in [0.1, 0.15) is 6.07 Å². The minimum absolute atomic E-state index is 0.637. The van der Waals surface area contributed by atoms with Crippen LogP contribution in [0.25, 0.3) is 0 Å². The lowest BCUT2D eigenvalue weighted by atomic mass is 10.2. The number of anilines is 2. The first-order valence-corrected chi connectivity index (χ1v) is 7.35. The van der Waals surface area contributed by atoms with Crippen molar-refractivity contribution in [2.75, 3.05) is 5.32 Å². The number of nitrogens with one attached hydrogen (secondary N) is 1. The van der Waals surface area contributed by atoms with E-state index in [9.17, 15) is 0 Å². The van der Waals surface area contributed by atoms with Gasteiger partial charge in [0.15, 0.2) is 5.13 Å². The number of rotatable bonds is 3. The second-order valence-electron chi connectivity index (χ2n) is 4.28. The predicted molar refractivity (Wildman–Crippen MR) is 76.2 cm³/mol. The fourth-order valence-corrected chi connectivity index (χ4v) is 3.00. The Kier molecular flexibility index (Phi) is 3.06. The number of hydrogen-bond donors (Lipinski definition) is 1. The van der Waals surface area contributed by atoms with Gasteiger partial charge in [-0.05, 0) is 47.0 Å². The van der Waals surface area contributed by atoms with Gasteiger partial charge in [-0.15, -0.1) is 11.3 Å². The molecule has 0 aliphatic heterocycles. The average Bonchev–Trinajstić information content (AvgIpc) is 3.11. The number of benzene rings is 1. The van der Waals surface area contributed by atoms with Gasteiger partial charge in [-0.25, -0.2) is 4.98 Å². The van der Waals surface area contributed by atoms with Crippen LogP contribution in [0.1, 0.15) is 30.0 Å². The first-order valence-electron chi connectivity index (χ1n) is 5.68. The molecule has 0 unspecified atom stereocenters. The summed E-state index contributed by atoms with van der Waals surface area (Å²) in [7, 11) is 0. The Balaban J connectivity index is 1.78. The van der Waals surface area contributed by atoms with Crippen molar-refractivity contribution < 1.29 is 0 Å². The van der Waals surface area contributed by atoms with Crippen molar-refractivity contribution in [2.45, 2.75) is 18.8 Å². The van der Waals surface area contributed by atoms with E-state index in [0.717, 1.165) is 15.3 Å². The van der Waals surface area contributed by atoms with Crippen LogP contribution >= 0.6 is 27.3 Å². The summed E-state index contributed by atoms with van der Waals surface area (Å²) < 4.78 is 0.800. The van der Waals surface area contributed by atoms with Gasteiger partial charge >= 0.3 is 0 Å². The summed E-state index contributed by atoms with van der Waals surface area (Å²) in [5.41, 5.74) is 2.78. The van der Waals surface area contributed by atoms with Crippen molar-refractivity contribution >= 4 is 38.1 Å². The van der Waals surface area contributed by atoms with Crippen molar-refractivity contribution in [2.24, 2.45) is 0 Å². The van der Waals surface area contributed by atoms with E-state index < -0.39 is 0 Å². The Morgan fingerprint density at radius 2 is 2.28 bits per heavy atom. The number of nitrogens with zero attached hydrogens (tertiary/aromatic N) is 2. The van der Waals surface area contributed by atoms with Crippen LogP contribution in [0.2, 0.25) is 0 Å². The molecule has 2 aromatic rings. The molecule has 0 atom stereocenters. The van der Waals surface area contributed by atoms with Crippen molar-refractivity contribution in [1.29, 1.82) is 5.26 Å². The van der Waals surface area contributed by atoms with Crippen LogP contribution in [-0.2, 0) is 0 Å². The maximum absolute atomic E-state index is 8.86. The molecule has 1 saturated carbocycles. The second-order valence-corrected chi connectivity index (χ2v) is 6.00. The summed E-state index contributed by atoms with van der Waals surface area (Å²) in [4.78, 5) is 4.57. The Bertz CT molecular complexity index is 625. The van der Waals surface area contributed by atoms with Gasteiger partial charge in [-0.1, -0.05) is 0 Å². The van der Waals surface area contributed by atoms with Gasteiger partial charge in [0.25, 0.3) is 0 Å². The number of aromatic nitrogens is 1. The van der Waals surface area contributed by atoms with Gasteiger partial charge in [0.2, 0.25) is 0 Å². The third kappa shape index (κ3) is 2.40. The summed E-state index contributed by atoms with van der Waals surface area (Å²) in [6, 6.07) is 7.71. The number of hydrogen-bond acceptors (Lipinski definition) is 4. The lowest BCUT2D eigenvalue weighted by Crippen LogP contribution is -1.91. The van der Waals surface area contributed by atoms with Crippen molar-refractivity contribution in [3.63, 3.8) is 0 Å². The fraction of sp³-hybridized carbons (Fsp3) is 0.231. The molecule has 5 heteroatoms. The predicted octanol–water partition coefficient (Wildman–Crippen LogP) is 4.40. The zero-order valence-corrected chi connectivity index (χ0v) is 11.9. The first-order chi connectivity index (χ1) is 8.76. The first kappa shape index (κ1) is 11.7. The summed E-state index contributed by atoms with van der Waals surface area (Å²) in [5.74, 6) is 0.685. The maximum atomic E-state index is 8.86. The largest absolute Gasteiger partial charge is 0.332 e. The third-order valence-corrected chi connectivity index (χ3v) is 4.29.